The van der Waals surface area contributed by atoms with Gasteiger partial charge >= 0.3 is 0 Å². The number of carbonyl (C=O) groups excluding carboxylic acids is 3. The summed E-state index contributed by atoms with van der Waals surface area (Å²) in [5.74, 6) is -0.0844. The second kappa shape index (κ2) is 7.25. The lowest BCUT2D eigenvalue weighted by molar-refractivity contribution is -0.123. The molecule has 2 aliphatic carbocycles. The minimum Gasteiger partial charge on any atom is -0.301 e. The van der Waals surface area contributed by atoms with Gasteiger partial charge in [0.1, 0.15) is 0 Å². The first-order valence-corrected chi connectivity index (χ1v) is 12.6. The lowest BCUT2D eigenvalue weighted by Gasteiger charge is -2.17. The number of fused-ring (bicyclic) bond motifs is 6. The molecule has 6 rings (SSSR count). The summed E-state index contributed by atoms with van der Waals surface area (Å²) >= 11 is 4.18. The monoisotopic (exact) mass is 468 g/mol. The molecule has 1 aliphatic heterocycles. The van der Waals surface area contributed by atoms with Crippen molar-refractivity contribution in [2.45, 2.75) is 10.8 Å². The van der Waals surface area contributed by atoms with Crippen LogP contribution < -0.4 is 10.2 Å². The summed E-state index contributed by atoms with van der Waals surface area (Å²) in [7, 11) is 0. The van der Waals surface area contributed by atoms with E-state index in [0.29, 0.717) is 10.8 Å². The molecule has 2 bridgehead atoms. The summed E-state index contributed by atoms with van der Waals surface area (Å²) in [6, 6.07) is 5.49. The van der Waals surface area contributed by atoms with Gasteiger partial charge in [-0.1, -0.05) is 23.9 Å². The zero-order valence-electron chi connectivity index (χ0n) is 16.1. The third kappa shape index (κ3) is 3.12. The molecule has 1 saturated carbocycles. The summed E-state index contributed by atoms with van der Waals surface area (Å²) in [4.78, 5) is 48.1. The lowest BCUT2D eigenvalue weighted by Crippen LogP contribution is -2.32. The third-order valence-electron chi connectivity index (χ3n) is 6.09. The molecule has 2 aromatic heterocycles. The average Bonchev–Trinajstić information content (AvgIpc) is 3.56. The molecule has 1 saturated heterocycles. The topological polar surface area (TPSA) is 92.3 Å². The molecular formula is C21H16N4O3S3. The molecule has 4 atom stereocenters. The van der Waals surface area contributed by atoms with Crippen LogP contribution in [0.5, 0.6) is 0 Å². The zero-order chi connectivity index (χ0) is 21.1. The molecule has 2 fully saturated rings. The van der Waals surface area contributed by atoms with Gasteiger partial charge in [-0.15, -0.1) is 22.7 Å². The predicted octanol–water partition coefficient (Wildman–Crippen LogP) is 3.80. The van der Waals surface area contributed by atoms with E-state index >= 15 is 0 Å². The lowest BCUT2D eigenvalue weighted by atomic mass is 9.85. The number of thioether (sulfide) groups is 1. The number of hydrogen-bond acceptors (Lipinski definition) is 8. The zero-order valence-corrected chi connectivity index (χ0v) is 18.5. The molecule has 31 heavy (non-hydrogen) atoms. The molecule has 3 aromatic rings. The molecule has 0 spiro atoms. The van der Waals surface area contributed by atoms with Crippen molar-refractivity contribution >= 4 is 73.2 Å². The van der Waals surface area contributed by atoms with Crippen molar-refractivity contribution in [3.8, 4) is 0 Å². The Morgan fingerprint density at radius 3 is 2.68 bits per heavy atom. The van der Waals surface area contributed by atoms with Crippen molar-refractivity contribution in [1.29, 1.82) is 0 Å². The molecule has 156 valence electrons. The second-order valence-corrected chi connectivity index (χ2v) is 11.0. The average molecular weight is 469 g/mol. The highest BCUT2D eigenvalue weighted by molar-refractivity contribution is 8.01. The van der Waals surface area contributed by atoms with Gasteiger partial charge in [0.15, 0.2) is 9.47 Å². The Morgan fingerprint density at radius 2 is 1.97 bits per heavy atom. The van der Waals surface area contributed by atoms with E-state index < -0.39 is 0 Å². The number of imide groups is 1. The van der Waals surface area contributed by atoms with Crippen LogP contribution in [0.2, 0.25) is 0 Å². The van der Waals surface area contributed by atoms with E-state index in [0.717, 1.165) is 21.0 Å². The van der Waals surface area contributed by atoms with Gasteiger partial charge in [0.05, 0.1) is 33.5 Å². The van der Waals surface area contributed by atoms with Gasteiger partial charge in [0.25, 0.3) is 0 Å². The number of nitrogens with one attached hydrogen (secondary N) is 1. The van der Waals surface area contributed by atoms with Gasteiger partial charge in [-0.25, -0.2) is 14.9 Å². The minimum absolute atomic E-state index is 0.0795. The molecule has 3 heterocycles. The van der Waals surface area contributed by atoms with Crippen LogP contribution in [-0.4, -0.2) is 33.4 Å². The summed E-state index contributed by atoms with van der Waals surface area (Å²) in [5, 5.41) is 5.13. The fourth-order valence-corrected chi connectivity index (χ4v) is 7.26. The quantitative estimate of drug-likeness (QED) is 0.348. The summed E-state index contributed by atoms with van der Waals surface area (Å²) in [5.41, 5.74) is 1.40. The largest absolute Gasteiger partial charge is 0.301 e. The van der Waals surface area contributed by atoms with Crippen LogP contribution in [0.25, 0.3) is 10.2 Å². The van der Waals surface area contributed by atoms with Crippen LogP contribution in [0.3, 0.4) is 0 Å². The molecule has 3 amide bonds. The number of nitrogens with zero attached hydrogens (tertiary/aromatic N) is 3. The SMILES string of the molecule is O=C(CSc1nc2ccc(N3C(=O)[C@H]4[C@H](C3=O)[C@H]3C=C[C@H]4C3)cc2s1)Nc1nccs1. The number of allylic oxidation sites excluding steroid dienone is 2. The number of amides is 3. The van der Waals surface area contributed by atoms with Gasteiger partial charge in [0, 0.05) is 11.6 Å². The van der Waals surface area contributed by atoms with Gasteiger partial charge in [-0.05, 0) is 36.5 Å². The highest BCUT2D eigenvalue weighted by atomic mass is 32.2. The van der Waals surface area contributed by atoms with Gasteiger partial charge in [-0.2, -0.15) is 0 Å². The van der Waals surface area contributed by atoms with Gasteiger partial charge in [0.2, 0.25) is 17.7 Å². The summed E-state index contributed by atoms with van der Waals surface area (Å²) in [6.45, 7) is 0. The maximum atomic E-state index is 13.0. The molecule has 1 aromatic carbocycles. The van der Waals surface area contributed by atoms with E-state index in [-0.39, 0.29) is 47.1 Å². The van der Waals surface area contributed by atoms with E-state index in [1.54, 1.807) is 17.6 Å². The number of benzene rings is 1. The maximum absolute atomic E-state index is 13.0. The van der Waals surface area contributed by atoms with Crippen LogP contribution in [-0.2, 0) is 14.4 Å². The Bertz CT molecular complexity index is 1220. The number of aromatic nitrogens is 2. The Kier molecular flexibility index (Phi) is 4.48. The van der Waals surface area contributed by atoms with Crippen LogP contribution in [0, 0.1) is 23.7 Å². The Morgan fingerprint density at radius 1 is 1.19 bits per heavy atom. The first-order valence-electron chi connectivity index (χ1n) is 9.87. The van der Waals surface area contributed by atoms with Crippen LogP contribution in [0.4, 0.5) is 10.8 Å². The molecule has 1 N–H and O–H groups in total. The first-order chi connectivity index (χ1) is 15.1. The highest BCUT2D eigenvalue weighted by Gasteiger charge is 2.59. The van der Waals surface area contributed by atoms with Crippen molar-refractivity contribution in [3.63, 3.8) is 0 Å². The summed E-state index contributed by atoms with van der Waals surface area (Å²) in [6.07, 6.45) is 6.76. The molecular weight excluding hydrogens is 452 g/mol. The number of hydrogen-bond donors (Lipinski definition) is 1. The Balaban J connectivity index is 1.19. The van der Waals surface area contributed by atoms with Crippen molar-refractivity contribution in [1.82, 2.24) is 9.97 Å². The van der Waals surface area contributed by atoms with Crippen molar-refractivity contribution < 1.29 is 14.4 Å². The predicted molar refractivity (Wildman–Crippen MR) is 121 cm³/mol. The molecule has 10 heteroatoms. The Labute approximate surface area is 189 Å². The molecule has 3 aliphatic rings. The van der Waals surface area contributed by atoms with Gasteiger partial charge < -0.3 is 5.32 Å². The smallest absolute Gasteiger partial charge is 0.238 e. The number of thiazole rings is 2. The Hall–Kier alpha value is -2.56. The first kappa shape index (κ1) is 19.1. The van der Waals surface area contributed by atoms with Crippen molar-refractivity contribution in [2.24, 2.45) is 23.7 Å². The third-order valence-corrected chi connectivity index (χ3v) is 8.94. The van der Waals surface area contributed by atoms with E-state index in [9.17, 15) is 14.4 Å². The fraction of sp³-hybridized carbons (Fsp3) is 0.286. The highest BCUT2D eigenvalue weighted by Crippen LogP contribution is 2.53. The normalized spacial score (nSPS) is 26.3. The molecule has 0 radical (unpaired) electrons. The molecule has 0 unspecified atom stereocenters. The van der Waals surface area contributed by atoms with Gasteiger partial charge in [-0.3, -0.25) is 14.4 Å². The second-order valence-electron chi connectivity index (χ2n) is 7.82. The van der Waals surface area contributed by atoms with E-state index in [2.05, 4.69) is 27.4 Å². The van der Waals surface area contributed by atoms with E-state index in [1.807, 2.05) is 12.1 Å². The fourth-order valence-electron chi connectivity index (χ4n) is 4.82. The van der Waals surface area contributed by atoms with Crippen LogP contribution >= 0.6 is 34.4 Å². The summed E-state index contributed by atoms with van der Waals surface area (Å²) < 4.78 is 1.65. The minimum atomic E-state index is -0.206. The van der Waals surface area contributed by atoms with Crippen LogP contribution in [0.1, 0.15) is 6.42 Å². The number of carbonyl (C=O) groups is 3. The standard InChI is InChI=1S/C21H16N4O3S3/c26-15(24-20-22-5-6-29-20)9-30-21-23-13-4-3-12(8-14(13)31-21)25-18(27)16-10-1-2-11(7-10)17(16)19(25)28/h1-6,8,10-11,16-17H,7,9H2,(H,22,24,26)/t10-,11-,16+,17+/m0/s1. The maximum Gasteiger partial charge on any atom is 0.238 e. The van der Waals surface area contributed by atoms with Crippen LogP contribution in [0.15, 0.2) is 46.3 Å². The van der Waals surface area contributed by atoms with E-state index in [1.165, 1.54) is 39.3 Å². The van der Waals surface area contributed by atoms with Crippen molar-refractivity contribution in [2.75, 3.05) is 16.0 Å². The molecule has 7 nitrogen and oxygen atoms in total. The number of rotatable bonds is 5. The number of anilines is 2. The van der Waals surface area contributed by atoms with Crippen molar-refractivity contribution in [3.05, 3.63) is 41.9 Å². The van der Waals surface area contributed by atoms with E-state index in [4.69, 9.17) is 0 Å².